The van der Waals surface area contributed by atoms with Crippen LogP contribution < -0.4 is 5.43 Å². The van der Waals surface area contributed by atoms with Crippen molar-refractivity contribution in [3.63, 3.8) is 0 Å². The molecular formula is C16H14O6. The average Bonchev–Trinajstić information content (AvgIpc) is 2.45. The van der Waals surface area contributed by atoms with Crippen molar-refractivity contribution in [3.05, 3.63) is 46.6 Å². The van der Waals surface area contributed by atoms with Gasteiger partial charge in [-0.25, -0.2) is 0 Å². The molecule has 0 spiro atoms. The molecule has 114 valence electrons. The predicted octanol–water partition coefficient (Wildman–Crippen LogP) is 2.92. The first-order valence-electron chi connectivity index (χ1n) is 5.98. The summed E-state index contributed by atoms with van der Waals surface area (Å²) in [5, 5.41) is 38.3. The van der Waals surface area contributed by atoms with Gasteiger partial charge in [-0.05, 0) is 30.3 Å². The van der Waals surface area contributed by atoms with E-state index >= 15 is 0 Å². The lowest BCUT2D eigenvalue weighted by molar-refractivity contribution is 0.403. The van der Waals surface area contributed by atoms with E-state index in [1.54, 1.807) is 0 Å². The maximum atomic E-state index is 12.1. The number of aromatic hydroxyl groups is 4. The fourth-order valence-electron chi connectivity index (χ4n) is 2.03. The first-order chi connectivity index (χ1) is 9.97. The molecule has 0 saturated carbocycles. The molecule has 0 atom stereocenters. The van der Waals surface area contributed by atoms with Crippen LogP contribution in [-0.4, -0.2) is 20.4 Å². The van der Waals surface area contributed by atoms with Gasteiger partial charge < -0.3 is 24.8 Å². The van der Waals surface area contributed by atoms with Crippen LogP contribution in [0.4, 0.5) is 0 Å². The molecule has 6 nitrogen and oxygen atoms in total. The van der Waals surface area contributed by atoms with Crippen LogP contribution in [0.15, 0.2) is 45.6 Å². The lowest BCUT2D eigenvalue weighted by Gasteiger charge is -2.07. The van der Waals surface area contributed by atoms with E-state index in [1.807, 2.05) is 0 Å². The summed E-state index contributed by atoms with van der Waals surface area (Å²) in [5.41, 5.74) is -0.343. The summed E-state index contributed by atoms with van der Waals surface area (Å²) in [6.45, 7) is 0. The summed E-state index contributed by atoms with van der Waals surface area (Å²) in [6, 6.07) is 7.64. The Balaban J connectivity index is 0.00000176. The predicted molar refractivity (Wildman–Crippen MR) is 81.3 cm³/mol. The lowest BCUT2D eigenvalue weighted by Crippen LogP contribution is -2.02. The SMILES string of the molecule is C.O=c1c(O)c(-c2ccc(O)c(O)c2)oc2cc(O)ccc12. The van der Waals surface area contributed by atoms with Crippen molar-refractivity contribution in [1.29, 1.82) is 0 Å². The fourth-order valence-corrected chi connectivity index (χ4v) is 2.03. The van der Waals surface area contributed by atoms with E-state index in [-0.39, 0.29) is 41.2 Å². The highest BCUT2D eigenvalue weighted by Gasteiger charge is 2.16. The molecule has 0 unspecified atom stereocenters. The summed E-state index contributed by atoms with van der Waals surface area (Å²) in [5.74, 6) is -1.60. The number of benzene rings is 2. The minimum Gasteiger partial charge on any atom is -0.508 e. The van der Waals surface area contributed by atoms with Gasteiger partial charge in [0.2, 0.25) is 11.2 Å². The minimum atomic E-state index is -0.654. The molecule has 0 fully saturated rings. The summed E-state index contributed by atoms with van der Waals surface area (Å²) in [6.07, 6.45) is 0. The van der Waals surface area contributed by atoms with Crippen molar-refractivity contribution >= 4 is 11.0 Å². The Labute approximate surface area is 125 Å². The quantitative estimate of drug-likeness (QED) is 0.514. The fraction of sp³-hybridized carbons (Fsp3) is 0.0625. The lowest BCUT2D eigenvalue weighted by atomic mass is 10.1. The number of rotatable bonds is 1. The Morgan fingerprint density at radius 1 is 0.864 bits per heavy atom. The second-order valence-electron chi connectivity index (χ2n) is 4.49. The monoisotopic (exact) mass is 302 g/mol. The average molecular weight is 302 g/mol. The smallest absolute Gasteiger partial charge is 0.235 e. The van der Waals surface area contributed by atoms with Gasteiger partial charge in [0.05, 0.1) is 5.39 Å². The standard InChI is InChI=1S/C15H10O6.CH4/c16-8-2-3-9-12(6-8)21-15(14(20)13(9)19)7-1-4-10(17)11(18)5-7;/h1-6,16-18,20H;1H4. The molecule has 0 bridgehead atoms. The zero-order valence-corrected chi connectivity index (χ0v) is 10.6. The van der Waals surface area contributed by atoms with E-state index in [9.17, 15) is 25.2 Å². The molecule has 3 rings (SSSR count). The van der Waals surface area contributed by atoms with Crippen molar-refractivity contribution in [2.75, 3.05) is 0 Å². The van der Waals surface area contributed by atoms with E-state index in [0.717, 1.165) is 6.07 Å². The normalized spacial score (nSPS) is 10.4. The van der Waals surface area contributed by atoms with Crippen molar-refractivity contribution in [3.8, 4) is 34.3 Å². The third-order valence-corrected chi connectivity index (χ3v) is 3.09. The van der Waals surface area contributed by atoms with E-state index < -0.39 is 16.9 Å². The molecule has 4 N–H and O–H groups in total. The zero-order chi connectivity index (χ0) is 15.1. The van der Waals surface area contributed by atoms with Crippen molar-refractivity contribution in [2.24, 2.45) is 0 Å². The third-order valence-electron chi connectivity index (χ3n) is 3.09. The molecule has 0 saturated heterocycles. The molecule has 0 amide bonds. The van der Waals surface area contributed by atoms with Crippen LogP contribution in [0.25, 0.3) is 22.3 Å². The number of hydrogen-bond acceptors (Lipinski definition) is 6. The minimum absolute atomic E-state index is 0. The van der Waals surface area contributed by atoms with Crippen LogP contribution in [0.1, 0.15) is 7.43 Å². The van der Waals surface area contributed by atoms with Gasteiger partial charge in [0, 0.05) is 11.6 Å². The highest BCUT2D eigenvalue weighted by molar-refractivity contribution is 5.83. The molecular weight excluding hydrogens is 288 g/mol. The van der Waals surface area contributed by atoms with Gasteiger partial charge in [-0.2, -0.15) is 0 Å². The molecule has 2 aromatic carbocycles. The molecule has 0 radical (unpaired) electrons. The first-order valence-corrected chi connectivity index (χ1v) is 5.98. The first kappa shape index (κ1) is 15.2. The van der Waals surface area contributed by atoms with Crippen molar-refractivity contribution in [1.82, 2.24) is 0 Å². The number of hydrogen-bond donors (Lipinski definition) is 4. The van der Waals surface area contributed by atoms with Gasteiger partial charge in [-0.15, -0.1) is 0 Å². The van der Waals surface area contributed by atoms with E-state index in [1.165, 1.54) is 30.3 Å². The molecule has 3 aromatic rings. The molecule has 0 aliphatic rings. The van der Waals surface area contributed by atoms with Gasteiger partial charge in [0.1, 0.15) is 11.3 Å². The molecule has 1 aromatic heterocycles. The Morgan fingerprint density at radius 3 is 2.27 bits per heavy atom. The zero-order valence-electron chi connectivity index (χ0n) is 10.6. The Kier molecular flexibility index (Phi) is 3.69. The molecule has 6 heteroatoms. The Hall–Kier alpha value is -3.15. The van der Waals surface area contributed by atoms with Crippen LogP contribution in [0.5, 0.6) is 23.0 Å². The summed E-state index contributed by atoms with van der Waals surface area (Å²) in [4.78, 5) is 12.1. The maximum Gasteiger partial charge on any atom is 0.235 e. The number of phenols is 3. The number of phenolic OH excluding ortho intramolecular Hbond substituents is 3. The maximum absolute atomic E-state index is 12.1. The molecule has 0 aliphatic heterocycles. The van der Waals surface area contributed by atoms with Crippen LogP contribution in [0.2, 0.25) is 0 Å². The summed E-state index contributed by atoms with van der Waals surface area (Å²) < 4.78 is 5.43. The molecule has 0 aliphatic carbocycles. The van der Waals surface area contributed by atoms with Gasteiger partial charge in [-0.3, -0.25) is 4.79 Å². The Morgan fingerprint density at radius 2 is 1.59 bits per heavy atom. The Bertz CT molecular complexity index is 910. The second-order valence-corrected chi connectivity index (χ2v) is 4.49. The van der Waals surface area contributed by atoms with Crippen LogP contribution in [0.3, 0.4) is 0 Å². The summed E-state index contributed by atoms with van der Waals surface area (Å²) in [7, 11) is 0. The topological polar surface area (TPSA) is 111 Å². The number of fused-ring (bicyclic) bond motifs is 1. The van der Waals surface area contributed by atoms with E-state index in [4.69, 9.17) is 4.42 Å². The largest absolute Gasteiger partial charge is 0.508 e. The summed E-state index contributed by atoms with van der Waals surface area (Å²) >= 11 is 0. The highest BCUT2D eigenvalue weighted by atomic mass is 16.4. The third kappa shape index (κ3) is 2.31. The second kappa shape index (κ2) is 5.33. The van der Waals surface area contributed by atoms with Gasteiger partial charge in [0.25, 0.3) is 0 Å². The molecule has 22 heavy (non-hydrogen) atoms. The van der Waals surface area contributed by atoms with Gasteiger partial charge in [-0.1, -0.05) is 7.43 Å². The van der Waals surface area contributed by atoms with Gasteiger partial charge >= 0.3 is 0 Å². The van der Waals surface area contributed by atoms with Gasteiger partial charge in [0.15, 0.2) is 17.3 Å². The van der Waals surface area contributed by atoms with E-state index in [0.29, 0.717) is 0 Å². The van der Waals surface area contributed by atoms with Crippen LogP contribution in [-0.2, 0) is 0 Å². The van der Waals surface area contributed by atoms with Crippen LogP contribution in [0, 0.1) is 0 Å². The van der Waals surface area contributed by atoms with Crippen LogP contribution >= 0.6 is 0 Å². The molecule has 1 heterocycles. The highest BCUT2D eigenvalue weighted by Crippen LogP contribution is 2.35. The van der Waals surface area contributed by atoms with E-state index in [2.05, 4.69) is 0 Å². The van der Waals surface area contributed by atoms with Crippen molar-refractivity contribution < 1.29 is 24.8 Å². The van der Waals surface area contributed by atoms with Crippen molar-refractivity contribution in [2.45, 2.75) is 7.43 Å².